The quantitative estimate of drug-likeness (QED) is 0.753. The van der Waals surface area contributed by atoms with Crippen LogP contribution in [0.2, 0.25) is 0 Å². The van der Waals surface area contributed by atoms with Crippen LogP contribution in [0.25, 0.3) is 11.6 Å². The molecule has 0 aromatic carbocycles. The first-order chi connectivity index (χ1) is 10.1. The average molecular weight is 290 g/mol. The third-order valence-corrected chi connectivity index (χ3v) is 2.78. The first kappa shape index (κ1) is 15.1. The van der Waals surface area contributed by atoms with E-state index in [2.05, 4.69) is 20.1 Å². The summed E-state index contributed by atoms with van der Waals surface area (Å²) in [5.74, 6) is 0.251. The third kappa shape index (κ3) is 3.84. The van der Waals surface area contributed by atoms with E-state index in [1.807, 2.05) is 13.8 Å². The van der Waals surface area contributed by atoms with E-state index in [0.717, 1.165) is 0 Å². The molecule has 7 heteroatoms. The molecule has 0 bridgehead atoms. The van der Waals surface area contributed by atoms with Crippen molar-refractivity contribution in [3.05, 3.63) is 24.4 Å². The summed E-state index contributed by atoms with van der Waals surface area (Å²) in [5.41, 5.74) is 0. The molecule has 0 saturated carbocycles. The van der Waals surface area contributed by atoms with E-state index in [0.29, 0.717) is 24.8 Å². The fourth-order valence-corrected chi connectivity index (χ4v) is 1.89. The number of carbonyl (C=O) groups excluding carboxylic acids is 1. The lowest BCUT2D eigenvalue weighted by Gasteiger charge is -2.13. The zero-order valence-corrected chi connectivity index (χ0v) is 12.3. The van der Waals surface area contributed by atoms with Crippen LogP contribution in [0.4, 0.5) is 0 Å². The van der Waals surface area contributed by atoms with Crippen molar-refractivity contribution in [3.63, 3.8) is 0 Å². The van der Waals surface area contributed by atoms with Crippen molar-refractivity contribution in [2.75, 3.05) is 6.61 Å². The van der Waals surface area contributed by atoms with E-state index in [9.17, 15) is 4.79 Å². The average Bonchev–Trinajstić information content (AvgIpc) is 2.95. The molecular weight excluding hydrogens is 272 g/mol. The van der Waals surface area contributed by atoms with Crippen molar-refractivity contribution in [3.8, 4) is 11.6 Å². The maximum Gasteiger partial charge on any atom is 0.318 e. The SMILES string of the molecule is CCOC(=O)C(CC(C)C)c1nc(-c2ncccn2)no1. The summed E-state index contributed by atoms with van der Waals surface area (Å²) in [7, 11) is 0. The standard InChI is InChI=1S/C14H18N4O3/c1-4-20-14(19)10(8-9(2)3)13-17-12(18-21-13)11-15-6-5-7-16-11/h5-7,9-10H,4,8H2,1-3H3. The zero-order chi connectivity index (χ0) is 15.2. The summed E-state index contributed by atoms with van der Waals surface area (Å²) in [6.07, 6.45) is 3.76. The van der Waals surface area contributed by atoms with Crippen LogP contribution in [0.15, 0.2) is 23.0 Å². The van der Waals surface area contributed by atoms with E-state index in [1.165, 1.54) is 0 Å². The highest BCUT2D eigenvalue weighted by Crippen LogP contribution is 2.25. The molecule has 0 aliphatic heterocycles. The fraction of sp³-hybridized carbons (Fsp3) is 0.500. The van der Waals surface area contributed by atoms with Crippen LogP contribution in [0.1, 0.15) is 39.0 Å². The van der Waals surface area contributed by atoms with Gasteiger partial charge in [0.1, 0.15) is 5.92 Å². The van der Waals surface area contributed by atoms with Gasteiger partial charge in [-0.05, 0) is 25.3 Å². The molecule has 0 saturated heterocycles. The van der Waals surface area contributed by atoms with Crippen LogP contribution in [0.3, 0.4) is 0 Å². The molecule has 0 aliphatic carbocycles. The number of esters is 1. The minimum atomic E-state index is -0.560. The molecule has 0 fully saturated rings. The largest absolute Gasteiger partial charge is 0.465 e. The lowest BCUT2D eigenvalue weighted by atomic mass is 9.97. The van der Waals surface area contributed by atoms with Gasteiger partial charge in [0.2, 0.25) is 17.5 Å². The molecule has 1 unspecified atom stereocenters. The minimum Gasteiger partial charge on any atom is -0.465 e. The van der Waals surface area contributed by atoms with Crippen LogP contribution < -0.4 is 0 Å². The third-order valence-electron chi connectivity index (χ3n) is 2.78. The second-order valence-electron chi connectivity index (χ2n) is 4.96. The smallest absolute Gasteiger partial charge is 0.318 e. The minimum absolute atomic E-state index is 0.240. The Balaban J connectivity index is 2.25. The molecule has 2 rings (SSSR count). The van der Waals surface area contributed by atoms with Crippen LogP contribution in [0, 0.1) is 5.92 Å². The second-order valence-corrected chi connectivity index (χ2v) is 4.96. The van der Waals surface area contributed by atoms with Crippen molar-refractivity contribution in [2.45, 2.75) is 33.1 Å². The highest BCUT2D eigenvalue weighted by Gasteiger charge is 2.29. The highest BCUT2D eigenvalue weighted by atomic mass is 16.5. The number of carbonyl (C=O) groups is 1. The van der Waals surface area contributed by atoms with Crippen LogP contribution in [-0.4, -0.2) is 32.7 Å². The number of ether oxygens (including phenoxy) is 1. The predicted molar refractivity (Wildman–Crippen MR) is 74.2 cm³/mol. The second kappa shape index (κ2) is 6.92. The summed E-state index contributed by atoms with van der Waals surface area (Å²) in [5, 5.41) is 3.84. The molecule has 2 aromatic heterocycles. The van der Waals surface area contributed by atoms with E-state index in [4.69, 9.17) is 9.26 Å². The Kier molecular flexibility index (Phi) is 4.97. The van der Waals surface area contributed by atoms with Gasteiger partial charge in [-0.15, -0.1) is 0 Å². The molecule has 0 spiro atoms. The molecule has 7 nitrogen and oxygen atoms in total. The van der Waals surface area contributed by atoms with E-state index in [1.54, 1.807) is 25.4 Å². The van der Waals surface area contributed by atoms with Gasteiger partial charge in [0.15, 0.2) is 0 Å². The van der Waals surface area contributed by atoms with E-state index < -0.39 is 5.92 Å². The van der Waals surface area contributed by atoms with Gasteiger partial charge in [0, 0.05) is 12.4 Å². The molecule has 0 amide bonds. The van der Waals surface area contributed by atoms with Crippen molar-refractivity contribution >= 4 is 5.97 Å². The van der Waals surface area contributed by atoms with Crippen molar-refractivity contribution in [1.82, 2.24) is 20.1 Å². The van der Waals surface area contributed by atoms with Gasteiger partial charge in [-0.25, -0.2) is 9.97 Å². The van der Waals surface area contributed by atoms with Gasteiger partial charge in [-0.3, -0.25) is 4.79 Å². The van der Waals surface area contributed by atoms with Crippen molar-refractivity contribution in [2.24, 2.45) is 5.92 Å². The molecule has 112 valence electrons. The zero-order valence-electron chi connectivity index (χ0n) is 12.3. The molecule has 21 heavy (non-hydrogen) atoms. The molecule has 2 heterocycles. The molecule has 2 aromatic rings. The predicted octanol–water partition coefficient (Wildman–Crippen LogP) is 2.22. The fourth-order valence-electron chi connectivity index (χ4n) is 1.89. The van der Waals surface area contributed by atoms with Gasteiger partial charge in [0.25, 0.3) is 0 Å². The highest BCUT2D eigenvalue weighted by molar-refractivity contribution is 5.76. The first-order valence-corrected chi connectivity index (χ1v) is 6.89. The maximum absolute atomic E-state index is 12.0. The maximum atomic E-state index is 12.0. The Bertz CT molecular complexity index is 583. The molecule has 0 aliphatic rings. The van der Waals surface area contributed by atoms with E-state index >= 15 is 0 Å². The van der Waals surface area contributed by atoms with Crippen LogP contribution in [0.5, 0.6) is 0 Å². The Labute approximate surface area is 122 Å². The summed E-state index contributed by atoms with van der Waals surface area (Å²) < 4.78 is 10.3. The summed E-state index contributed by atoms with van der Waals surface area (Å²) in [4.78, 5) is 24.4. The van der Waals surface area contributed by atoms with E-state index in [-0.39, 0.29) is 17.7 Å². The number of nitrogens with zero attached hydrogens (tertiary/aromatic N) is 4. The number of hydrogen-bond donors (Lipinski definition) is 0. The Morgan fingerprint density at radius 3 is 2.62 bits per heavy atom. The monoisotopic (exact) mass is 290 g/mol. The molecule has 0 N–H and O–H groups in total. The lowest BCUT2D eigenvalue weighted by molar-refractivity contribution is -0.146. The molecule has 0 radical (unpaired) electrons. The Hall–Kier alpha value is -2.31. The summed E-state index contributed by atoms with van der Waals surface area (Å²) in [6, 6.07) is 1.70. The Morgan fingerprint density at radius 2 is 2.00 bits per heavy atom. The van der Waals surface area contributed by atoms with Crippen LogP contribution >= 0.6 is 0 Å². The van der Waals surface area contributed by atoms with Gasteiger partial charge in [-0.2, -0.15) is 4.98 Å². The van der Waals surface area contributed by atoms with Gasteiger partial charge >= 0.3 is 5.97 Å². The Morgan fingerprint density at radius 1 is 1.29 bits per heavy atom. The van der Waals surface area contributed by atoms with Crippen molar-refractivity contribution < 1.29 is 14.1 Å². The lowest BCUT2D eigenvalue weighted by Crippen LogP contribution is -2.18. The van der Waals surface area contributed by atoms with Crippen molar-refractivity contribution in [1.29, 1.82) is 0 Å². The number of hydrogen-bond acceptors (Lipinski definition) is 7. The summed E-state index contributed by atoms with van der Waals surface area (Å²) >= 11 is 0. The molecule has 1 atom stereocenters. The van der Waals surface area contributed by atoms with Crippen LogP contribution in [-0.2, 0) is 9.53 Å². The van der Waals surface area contributed by atoms with Gasteiger partial charge in [0.05, 0.1) is 6.61 Å². The first-order valence-electron chi connectivity index (χ1n) is 6.89. The van der Waals surface area contributed by atoms with Gasteiger partial charge < -0.3 is 9.26 Å². The molecular formula is C14H18N4O3. The topological polar surface area (TPSA) is 91.0 Å². The van der Waals surface area contributed by atoms with Gasteiger partial charge in [-0.1, -0.05) is 19.0 Å². The summed E-state index contributed by atoms with van der Waals surface area (Å²) in [6.45, 7) is 6.12. The number of rotatable bonds is 6. The number of aromatic nitrogens is 4. The normalized spacial score (nSPS) is 12.4.